The van der Waals surface area contributed by atoms with Crippen LogP contribution in [0.3, 0.4) is 0 Å². The Morgan fingerprint density at radius 3 is 2.24 bits per heavy atom. The van der Waals surface area contributed by atoms with Crippen LogP contribution >= 0.6 is 15.9 Å². The molecule has 0 fully saturated rings. The molecule has 5 heteroatoms. The van der Waals surface area contributed by atoms with Gasteiger partial charge in [0.15, 0.2) is 0 Å². The molecule has 0 aliphatic rings. The number of benzene rings is 2. The molecule has 0 aliphatic carbocycles. The highest BCUT2D eigenvalue weighted by molar-refractivity contribution is 9.10. The molecule has 134 valence electrons. The fourth-order valence-corrected chi connectivity index (χ4v) is 2.78. The maximum absolute atomic E-state index is 12.0. The second kappa shape index (κ2) is 8.50. The monoisotopic (exact) mass is 405 g/mol. The minimum Gasteiger partial charge on any atom is -0.444 e. The summed E-state index contributed by atoms with van der Waals surface area (Å²) in [6, 6.07) is 17.2. The van der Waals surface area contributed by atoms with Gasteiger partial charge in [-0.2, -0.15) is 0 Å². The van der Waals surface area contributed by atoms with Crippen molar-refractivity contribution < 1.29 is 14.6 Å². The number of rotatable bonds is 5. The van der Waals surface area contributed by atoms with Crippen molar-refractivity contribution in [1.82, 2.24) is 5.32 Å². The number of hydrogen-bond donors (Lipinski definition) is 2. The molecule has 1 amide bonds. The quantitative estimate of drug-likeness (QED) is 0.751. The molecule has 0 radical (unpaired) electrons. The second-order valence-electron chi connectivity index (χ2n) is 6.90. The fourth-order valence-electron chi connectivity index (χ4n) is 2.51. The lowest BCUT2D eigenvalue weighted by Gasteiger charge is -2.25. The number of carbonyl (C=O) groups excluding carboxylic acids is 1. The summed E-state index contributed by atoms with van der Waals surface area (Å²) < 4.78 is 6.24. The predicted octanol–water partition coefficient (Wildman–Crippen LogP) is 4.79. The maximum atomic E-state index is 12.0. The van der Waals surface area contributed by atoms with E-state index in [4.69, 9.17) is 4.74 Å². The van der Waals surface area contributed by atoms with Gasteiger partial charge in [-0.05, 0) is 44.0 Å². The topological polar surface area (TPSA) is 58.6 Å². The number of amides is 1. The number of aliphatic hydroxyl groups is 1. The van der Waals surface area contributed by atoms with Crippen LogP contribution in [0.25, 0.3) is 0 Å². The Morgan fingerprint density at radius 2 is 1.68 bits per heavy atom. The Labute approximate surface area is 157 Å². The van der Waals surface area contributed by atoms with E-state index in [9.17, 15) is 9.90 Å². The van der Waals surface area contributed by atoms with Gasteiger partial charge in [0.05, 0.1) is 6.10 Å². The van der Waals surface area contributed by atoms with Crippen molar-refractivity contribution in [3.63, 3.8) is 0 Å². The molecule has 0 heterocycles. The largest absolute Gasteiger partial charge is 0.444 e. The zero-order valence-corrected chi connectivity index (χ0v) is 16.3. The van der Waals surface area contributed by atoms with Gasteiger partial charge in [-0.3, -0.25) is 0 Å². The zero-order chi connectivity index (χ0) is 18.4. The molecule has 0 aromatic heterocycles. The molecule has 2 atom stereocenters. The third-order valence-corrected chi connectivity index (χ3v) is 4.21. The van der Waals surface area contributed by atoms with E-state index in [1.54, 1.807) is 0 Å². The van der Waals surface area contributed by atoms with E-state index in [-0.39, 0.29) is 12.5 Å². The Hall–Kier alpha value is -1.85. The van der Waals surface area contributed by atoms with Crippen molar-refractivity contribution in [2.24, 2.45) is 0 Å². The number of aliphatic hydroxyl groups excluding tert-OH is 1. The van der Waals surface area contributed by atoms with Gasteiger partial charge >= 0.3 is 6.09 Å². The van der Waals surface area contributed by atoms with Crippen LogP contribution in [0.1, 0.15) is 43.9 Å². The lowest BCUT2D eigenvalue weighted by atomic mass is 9.89. The van der Waals surface area contributed by atoms with E-state index >= 15 is 0 Å². The molecule has 2 aromatic carbocycles. The summed E-state index contributed by atoms with van der Waals surface area (Å²) in [5, 5.41) is 13.6. The predicted molar refractivity (Wildman–Crippen MR) is 103 cm³/mol. The molecule has 0 spiro atoms. The van der Waals surface area contributed by atoms with Crippen LogP contribution < -0.4 is 5.32 Å². The van der Waals surface area contributed by atoms with Gasteiger partial charge in [0, 0.05) is 16.9 Å². The Bertz CT molecular complexity index is 680. The SMILES string of the molecule is CC(C)(C)OC(=O)NCC(c1ccccc1)C(O)c1ccc(Br)cc1. The molecule has 0 saturated heterocycles. The number of alkyl carbamates (subject to hydrolysis) is 1. The molecule has 2 N–H and O–H groups in total. The first-order valence-electron chi connectivity index (χ1n) is 8.21. The van der Waals surface area contributed by atoms with Crippen LogP contribution in [-0.4, -0.2) is 23.3 Å². The molecular formula is C20H24BrNO3. The smallest absolute Gasteiger partial charge is 0.407 e. The minimum absolute atomic E-state index is 0.274. The molecular weight excluding hydrogens is 382 g/mol. The molecule has 0 saturated carbocycles. The number of hydrogen-bond acceptors (Lipinski definition) is 3. The minimum atomic E-state index is -0.745. The van der Waals surface area contributed by atoms with Gasteiger partial charge < -0.3 is 15.2 Å². The molecule has 0 bridgehead atoms. The molecule has 0 aliphatic heterocycles. The van der Waals surface area contributed by atoms with Crippen LogP contribution in [-0.2, 0) is 4.74 Å². The summed E-state index contributed by atoms with van der Waals surface area (Å²) in [5.74, 6) is -0.283. The molecule has 2 aromatic rings. The first kappa shape index (κ1) is 19.5. The maximum Gasteiger partial charge on any atom is 0.407 e. The van der Waals surface area contributed by atoms with E-state index in [1.807, 2.05) is 75.4 Å². The normalized spacial score (nSPS) is 13.8. The van der Waals surface area contributed by atoms with Gasteiger partial charge in [-0.15, -0.1) is 0 Å². The third kappa shape index (κ3) is 6.18. The average molecular weight is 406 g/mol. The summed E-state index contributed by atoms with van der Waals surface area (Å²) in [6.45, 7) is 5.73. The van der Waals surface area contributed by atoms with E-state index in [0.29, 0.717) is 0 Å². The van der Waals surface area contributed by atoms with Crippen molar-refractivity contribution >= 4 is 22.0 Å². The summed E-state index contributed by atoms with van der Waals surface area (Å²) in [4.78, 5) is 12.0. The Morgan fingerprint density at radius 1 is 1.08 bits per heavy atom. The van der Waals surface area contributed by atoms with Crippen LogP contribution in [0.15, 0.2) is 59.1 Å². The van der Waals surface area contributed by atoms with Gasteiger partial charge in [-0.1, -0.05) is 58.4 Å². The summed E-state index contributed by atoms with van der Waals surface area (Å²) in [7, 11) is 0. The van der Waals surface area contributed by atoms with Crippen LogP contribution in [0, 0.1) is 0 Å². The highest BCUT2D eigenvalue weighted by Gasteiger charge is 2.24. The molecule has 2 unspecified atom stereocenters. The van der Waals surface area contributed by atoms with Gasteiger partial charge in [0.25, 0.3) is 0 Å². The van der Waals surface area contributed by atoms with Crippen LogP contribution in [0.2, 0.25) is 0 Å². The van der Waals surface area contributed by atoms with Crippen molar-refractivity contribution in [1.29, 1.82) is 0 Å². The summed E-state index contributed by atoms with van der Waals surface area (Å²) in [5.41, 5.74) is 1.19. The van der Waals surface area contributed by atoms with Gasteiger partial charge in [0.1, 0.15) is 5.60 Å². The van der Waals surface area contributed by atoms with Crippen molar-refractivity contribution in [3.8, 4) is 0 Å². The van der Waals surface area contributed by atoms with E-state index in [2.05, 4.69) is 21.2 Å². The number of nitrogens with one attached hydrogen (secondary N) is 1. The highest BCUT2D eigenvalue weighted by atomic mass is 79.9. The average Bonchev–Trinajstić information content (AvgIpc) is 2.55. The highest BCUT2D eigenvalue weighted by Crippen LogP contribution is 2.31. The molecule has 4 nitrogen and oxygen atoms in total. The lowest BCUT2D eigenvalue weighted by Crippen LogP contribution is -2.36. The van der Waals surface area contributed by atoms with E-state index < -0.39 is 17.8 Å². The van der Waals surface area contributed by atoms with Crippen molar-refractivity contribution in [2.45, 2.75) is 38.4 Å². The number of ether oxygens (including phenoxy) is 1. The Kier molecular flexibility index (Phi) is 6.62. The molecule has 2 rings (SSSR count). The fraction of sp³-hybridized carbons (Fsp3) is 0.350. The number of halogens is 1. The lowest BCUT2D eigenvalue weighted by molar-refractivity contribution is 0.0509. The van der Waals surface area contributed by atoms with Crippen LogP contribution in [0.4, 0.5) is 4.79 Å². The Balaban J connectivity index is 2.16. The third-order valence-electron chi connectivity index (χ3n) is 3.69. The van der Waals surface area contributed by atoms with Crippen molar-refractivity contribution in [2.75, 3.05) is 6.54 Å². The van der Waals surface area contributed by atoms with Crippen LogP contribution in [0.5, 0.6) is 0 Å². The zero-order valence-electron chi connectivity index (χ0n) is 14.7. The standard InChI is InChI=1S/C20H24BrNO3/c1-20(2,3)25-19(24)22-13-17(14-7-5-4-6-8-14)18(23)15-9-11-16(21)12-10-15/h4-12,17-18,23H,13H2,1-3H3,(H,22,24). The van der Waals surface area contributed by atoms with Gasteiger partial charge in [-0.25, -0.2) is 4.79 Å². The van der Waals surface area contributed by atoms with E-state index in [0.717, 1.165) is 15.6 Å². The van der Waals surface area contributed by atoms with Gasteiger partial charge in [0.2, 0.25) is 0 Å². The number of carbonyl (C=O) groups is 1. The molecule has 25 heavy (non-hydrogen) atoms. The summed E-state index contributed by atoms with van der Waals surface area (Å²) >= 11 is 3.40. The first-order chi connectivity index (χ1) is 11.8. The first-order valence-corrected chi connectivity index (χ1v) is 9.01. The summed E-state index contributed by atoms with van der Waals surface area (Å²) in [6.07, 6.45) is -1.23. The van der Waals surface area contributed by atoms with E-state index in [1.165, 1.54) is 0 Å². The second-order valence-corrected chi connectivity index (χ2v) is 7.81. The van der Waals surface area contributed by atoms with Crippen molar-refractivity contribution in [3.05, 3.63) is 70.2 Å².